The molecule has 8 aromatic rings. The molecule has 35 heteroatoms. The van der Waals surface area contributed by atoms with Crippen molar-refractivity contribution in [2.24, 2.45) is 30.7 Å². The molecule has 8 rings (SSSR count). The number of imidazole rings is 1. The van der Waals surface area contributed by atoms with Crippen molar-refractivity contribution in [2.45, 2.75) is 53.2 Å². The average Bonchev–Trinajstić information content (AvgIpc) is 4.18. The number of hydrogen-bond donors (Lipinski definition) is 6. The average molecular weight is 1240 g/mol. The number of halogens is 1. The van der Waals surface area contributed by atoms with Crippen molar-refractivity contribution in [1.29, 1.82) is 5.26 Å². The molecule has 414 valence electrons. The quantitative estimate of drug-likeness (QED) is 0.0190. The molecule has 0 amide bonds. The molecule has 27 nitrogen and oxygen atoms in total. The van der Waals surface area contributed by atoms with E-state index in [9.17, 15) is 75.2 Å². The molecular formula is C44H37ClN10O17S7. The van der Waals surface area contributed by atoms with E-state index in [4.69, 9.17) is 16.3 Å². The number of nitrogens with zero attached hydrogens (tertiary/aromatic N) is 10. The number of aromatic hydroxyl groups is 1. The lowest BCUT2D eigenvalue weighted by Crippen LogP contribution is -2.08. The van der Waals surface area contributed by atoms with E-state index in [1.165, 1.54) is 37.3 Å². The summed E-state index contributed by atoms with van der Waals surface area (Å²) in [5.41, 5.74) is 0.519. The molecule has 0 spiro atoms. The summed E-state index contributed by atoms with van der Waals surface area (Å²) in [5.74, 6) is -1.80. The van der Waals surface area contributed by atoms with Crippen LogP contribution in [0.2, 0.25) is 5.02 Å². The molecule has 0 aliphatic heterocycles. The molecule has 0 bridgehead atoms. The molecule has 0 aliphatic carbocycles. The predicted octanol–water partition coefficient (Wildman–Crippen LogP) is 10.4. The lowest BCUT2D eigenvalue weighted by molar-refractivity contribution is 0.317. The Morgan fingerprint density at radius 2 is 1.32 bits per heavy atom. The van der Waals surface area contributed by atoms with Crippen LogP contribution in [-0.4, -0.2) is 108 Å². The monoisotopic (exact) mass is 1240 g/mol. The van der Waals surface area contributed by atoms with Crippen molar-refractivity contribution in [2.75, 3.05) is 23.9 Å². The molecule has 0 saturated carbocycles. The van der Waals surface area contributed by atoms with Gasteiger partial charge in [0.1, 0.15) is 43.9 Å². The maximum Gasteiger partial charge on any atom is 0.296 e. The minimum Gasteiger partial charge on any atom is -0.493 e. The summed E-state index contributed by atoms with van der Waals surface area (Å²) in [6, 6.07) is 14.5. The molecule has 0 aliphatic rings. The van der Waals surface area contributed by atoms with Gasteiger partial charge in [-0.25, -0.2) is 9.97 Å². The van der Waals surface area contributed by atoms with Crippen LogP contribution in [-0.2, 0) is 50.6 Å². The SMILES string of the molecule is Cc1cc(N=Nc2cc(OCCCS(=O)(=O)O)c(N=Nc3c(C)c(C#N)c4nc5c(Cl)c(S(=O)(=O)O)ccc5n4c3O)cc2C)c(SCCCS(=O)(=O)O)cc1N=Nc1nc2c(S(=O)(=O)O)cc3ccc(S(=O)(=O)O)cc3c2s1. The molecule has 0 atom stereocenters. The Balaban J connectivity index is 1.18. The first-order valence-electron chi connectivity index (χ1n) is 22.1. The molecule has 0 unspecified atom stereocenters. The first-order chi connectivity index (χ1) is 36.8. The summed E-state index contributed by atoms with van der Waals surface area (Å²) in [5, 5.41) is 47.5. The first-order valence-corrected chi connectivity index (χ1v) is 31.8. The third-order valence-corrected chi connectivity index (χ3v) is 18.2. The van der Waals surface area contributed by atoms with E-state index >= 15 is 0 Å². The summed E-state index contributed by atoms with van der Waals surface area (Å²) in [4.78, 5) is 7.13. The highest BCUT2D eigenvalue weighted by Gasteiger charge is 2.26. The summed E-state index contributed by atoms with van der Waals surface area (Å²) in [6.45, 7) is 4.37. The van der Waals surface area contributed by atoms with Crippen LogP contribution in [0.15, 0.2) is 111 Å². The summed E-state index contributed by atoms with van der Waals surface area (Å²) in [6.07, 6.45) is -0.209. The van der Waals surface area contributed by atoms with Crippen LogP contribution in [0.25, 0.3) is 37.7 Å². The lowest BCUT2D eigenvalue weighted by Gasteiger charge is -2.12. The molecule has 3 aromatic heterocycles. The van der Waals surface area contributed by atoms with Gasteiger partial charge < -0.3 is 9.84 Å². The Morgan fingerprint density at radius 1 is 0.696 bits per heavy atom. The van der Waals surface area contributed by atoms with Gasteiger partial charge in [-0.2, -0.15) is 52.5 Å². The molecule has 0 radical (unpaired) electrons. The van der Waals surface area contributed by atoms with Crippen LogP contribution in [0.3, 0.4) is 0 Å². The maximum absolute atomic E-state index is 12.5. The number of ether oxygens (including phenoxy) is 1. The second-order valence-electron chi connectivity index (χ2n) is 16.9. The van der Waals surface area contributed by atoms with Crippen LogP contribution >= 0.6 is 34.7 Å². The number of aryl methyl sites for hydroxylation is 2. The van der Waals surface area contributed by atoms with E-state index in [1.807, 2.05) is 6.07 Å². The second kappa shape index (κ2) is 22.1. The van der Waals surface area contributed by atoms with Crippen LogP contribution in [0.4, 0.5) is 33.6 Å². The van der Waals surface area contributed by atoms with Crippen molar-refractivity contribution < 1.29 is 74.7 Å². The summed E-state index contributed by atoms with van der Waals surface area (Å²) >= 11 is 8.22. The third-order valence-electron chi connectivity index (χ3n) is 11.4. The van der Waals surface area contributed by atoms with Gasteiger partial charge in [-0.1, -0.05) is 29.0 Å². The summed E-state index contributed by atoms with van der Waals surface area (Å²) in [7, 11) is -23.1. The highest BCUT2D eigenvalue weighted by Crippen LogP contribution is 2.45. The molecule has 0 fully saturated rings. The van der Waals surface area contributed by atoms with E-state index in [0.29, 0.717) is 16.0 Å². The van der Waals surface area contributed by atoms with Gasteiger partial charge >= 0.3 is 0 Å². The van der Waals surface area contributed by atoms with E-state index in [1.54, 1.807) is 19.9 Å². The Bertz CT molecular complexity index is 4620. The van der Waals surface area contributed by atoms with E-state index in [-0.39, 0.29) is 113 Å². The smallest absolute Gasteiger partial charge is 0.296 e. The number of benzene rings is 5. The van der Waals surface area contributed by atoms with Crippen molar-refractivity contribution >= 4 is 157 Å². The fourth-order valence-corrected chi connectivity index (χ4v) is 13.1. The lowest BCUT2D eigenvalue weighted by atomic mass is 10.1. The highest BCUT2D eigenvalue weighted by atomic mass is 35.5. The molecule has 5 aromatic carbocycles. The van der Waals surface area contributed by atoms with Gasteiger partial charge in [0.2, 0.25) is 11.0 Å². The van der Waals surface area contributed by atoms with Gasteiger partial charge in [0.25, 0.3) is 50.6 Å². The Kier molecular flexibility index (Phi) is 16.3. The second-order valence-corrected chi connectivity index (χ2v) is 26.8. The Labute approximate surface area is 461 Å². The number of rotatable bonds is 19. The minimum absolute atomic E-state index is 0.0125. The highest BCUT2D eigenvalue weighted by molar-refractivity contribution is 7.99. The Morgan fingerprint density at radius 3 is 1.96 bits per heavy atom. The first kappa shape index (κ1) is 58.4. The standard InChI is InChI=1S/C44H37ClN10O17S7/c1-21-14-30(51-53-38-23(3)27(20-46)42-47-39-32(55(42)43(38)56)8-9-35(37(39)45)78(66,67)68)33(72-10-4-12-75(57,58)59)18-28(21)49-52-31-15-22(2)29(19-34(31)73-11-5-13-76(60,61)62)50-54-44-48-40-36(79(69,70)71)16-24-6-7-25(77(63,64)65)17-26(24)41(40)74-44/h6-9,14-19,56H,4-5,10-13H2,1-3H3,(H,57,58,59)(H,60,61,62)(H,63,64,65)(H,66,67,68)(H,69,70,71). The van der Waals surface area contributed by atoms with Gasteiger partial charge in [-0.05, 0) is 104 Å². The normalized spacial score (nSPS) is 13.1. The molecule has 6 N–H and O–H groups in total. The van der Waals surface area contributed by atoms with Gasteiger partial charge in [0, 0.05) is 21.9 Å². The van der Waals surface area contributed by atoms with Crippen molar-refractivity contribution in [1.82, 2.24) is 14.4 Å². The van der Waals surface area contributed by atoms with Crippen LogP contribution < -0.4 is 4.74 Å². The van der Waals surface area contributed by atoms with Crippen LogP contribution in [0.5, 0.6) is 11.6 Å². The topological polar surface area (TPSA) is 429 Å². The number of fused-ring (bicyclic) bond motifs is 6. The van der Waals surface area contributed by atoms with Crippen molar-refractivity contribution in [3.8, 4) is 17.7 Å². The third kappa shape index (κ3) is 13.0. The molecule has 79 heavy (non-hydrogen) atoms. The van der Waals surface area contributed by atoms with Crippen molar-refractivity contribution in [3.63, 3.8) is 0 Å². The zero-order valence-corrected chi connectivity index (χ0v) is 46.9. The van der Waals surface area contributed by atoms with Crippen LogP contribution in [0.1, 0.15) is 35.1 Å². The molecular weight excluding hydrogens is 1200 g/mol. The number of azo groups is 3. The number of thioether (sulfide) groups is 1. The number of nitriles is 1. The largest absolute Gasteiger partial charge is 0.493 e. The number of thiazole rings is 1. The minimum atomic E-state index is -4.88. The zero-order valence-electron chi connectivity index (χ0n) is 40.4. The van der Waals surface area contributed by atoms with Crippen LogP contribution in [0, 0.1) is 32.1 Å². The van der Waals surface area contributed by atoms with E-state index in [0.717, 1.165) is 51.8 Å². The Hall–Kier alpha value is -6.72. The predicted molar refractivity (Wildman–Crippen MR) is 289 cm³/mol. The maximum atomic E-state index is 12.5. The van der Waals surface area contributed by atoms with Gasteiger partial charge in [0.15, 0.2) is 11.3 Å². The van der Waals surface area contributed by atoms with Gasteiger partial charge in [0.05, 0.1) is 55.3 Å². The molecule has 0 saturated heterocycles. The van der Waals surface area contributed by atoms with E-state index < -0.39 is 87.7 Å². The van der Waals surface area contributed by atoms with E-state index in [2.05, 4.69) is 40.7 Å². The summed E-state index contributed by atoms with van der Waals surface area (Å²) < 4.78 is 174. The fourth-order valence-electron chi connectivity index (χ4n) is 7.70. The number of pyridine rings is 1. The van der Waals surface area contributed by atoms with Gasteiger partial charge in [-0.15, -0.1) is 37.3 Å². The van der Waals surface area contributed by atoms with Gasteiger partial charge in [-0.3, -0.25) is 27.2 Å². The van der Waals surface area contributed by atoms with Crippen molar-refractivity contribution in [3.05, 3.63) is 87.9 Å². The number of aromatic nitrogens is 3. The molecule has 3 heterocycles. The zero-order chi connectivity index (χ0) is 57.7. The fraction of sp³-hybridized carbons (Fsp3) is 0.205. The number of hydrogen-bond acceptors (Lipinski definition) is 23.